The minimum Gasteiger partial charge on any atom is -0.392 e. The Kier molecular flexibility index (Phi) is 5.56. The summed E-state index contributed by atoms with van der Waals surface area (Å²) in [4.78, 5) is 0. The first-order valence-corrected chi connectivity index (χ1v) is 6.72. The SMILES string of the molecule is CCCCCC(O)C(C)S(C)(=O)=O. The van der Waals surface area contributed by atoms with Crippen molar-refractivity contribution in [3.8, 4) is 0 Å². The van der Waals surface area contributed by atoms with Crippen molar-refractivity contribution in [2.24, 2.45) is 0 Å². The third-order valence-corrected chi connectivity index (χ3v) is 3.99. The van der Waals surface area contributed by atoms with E-state index in [0.29, 0.717) is 6.42 Å². The van der Waals surface area contributed by atoms with Gasteiger partial charge in [0.15, 0.2) is 9.84 Å². The van der Waals surface area contributed by atoms with Crippen molar-refractivity contribution in [3.63, 3.8) is 0 Å². The van der Waals surface area contributed by atoms with Crippen molar-refractivity contribution in [2.45, 2.75) is 50.9 Å². The Morgan fingerprint density at radius 1 is 1.31 bits per heavy atom. The van der Waals surface area contributed by atoms with Gasteiger partial charge in [-0.2, -0.15) is 0 Å². The molecule has 0 bridgehead atoms. The molecule has 0 saturated carbocycles. The van der Waals surface area contributed by atoms with E-state index >= 15 is 0 Å². The summed E-state index contributed by atoms with van der Waals surface area (Å²) < 4.78 is 22.1. The van der Waals surface area contributed by atoms with Crippen LogP contribution in [-0.2, 0) is 9.84 Å². The highest BCUT2D eigenvalue weighted by Crippen LogP contribution is 2.11. The lowest BCUT2D eigenvalue weighted by Gasteiger charge is -2.16. The molecule has 0 aromatic carbocycles. The molecule has 2 unspecified atom stereocenters. The summed E-state index contributed by atoms with van der Waals surface area (Å²) in [5, 5.41) is 8.87. The summed E-state index contributed by atoms with van der Waals surface area (Å²) in [6, 6.07) is 0. The van der Waals surface area contributed by atoms with Crippen LogP contribution in [0, 0.1) is 0 Å². The Labute approximate surface area is 81.1 Å². The Morgan fingerprint density at radius 2 is 1.85 bits per heavy atom. The molecule has 0 aliphatic rings. The van der Waals surface area contributed by atoms with Crippen LogP contribution in [0.1, 0.15) is 39.5 Å². The Balaban J connectivity index is 3.90. The number of sulfone groups is 1. The van der Waals surface area contributed by atoms with Crippen LogP contribution in [0.15, 0.2) is 0 Å². The first-order valence-electron chi connectivity index (χ1n) is 4.76. The van der Waals surface area contributed by atoms with Gasteiger partial charge in [0.05, 0.1) is 11.4 Å². The monoisotopic (exact) mass is 208 g/mol. The molecule has 0 amide bonds. The lowest BCUT2D eigenvalue weighted by atomic mass is 10.1. The number of aliphatic hydroxyl groups is 1. The first-order chi connectivity index (χ1) is 5.89. The van der Waals surface area contributed by atoms with Crippen molar-refractivity contribution in [1.82, 2.24) is 0 Å². The lowest BCUT2D eigenvalue weighted by Crippen LogP contribution is -2.30. The van der Waals surface area contributed by atoms with Crippen LogP contribution in [-0.4, -0.2) is 31.1 Å². The summed E-state index contributed by atoms with van der Waals surface area (Å²) in [6.45, 7) is 3.64. The highest BCUT2D eigenvalue weighted by molar-refractivity contribution is 7.91. The minimum atomic E-state index is -3.09. The van der Waals surface area contributed by atoms with Gasteiger partial charge in [-0.15, -0.1) is 0 Å². The van der Waals surface area contributed by atoms with Gasteiger partial charge in [-0.25, -0.2) is 8.42 Å². The predicted octanol–water partition coefficient (Wildman–Crippen LogP) is 1.36. The summed E-state index contributed by atoms with van der Waals surface area (Å²) in [7, 11) is -3.09. The fourth-order valence-corrected chi connectivity index (χ4v) is 1.83. The van der Waals surface area contributed by atoms with E-state index in [1.165, 1.54) is 6.26 Å². The molecular weight excluding hydrogens is 188 g/mol. The quantitative estimate of drug-likeness (QED) is 0.671. The molecule has 4 heteroatoms. The van der Waals surface area contributed by atoms with Gasteiger partial charge in [0.1, 0.15) is 0 Å². The Hall–Kier alpha value is -0.0900. The molecule has 13 heavy (non-hydrogen) atoms. The largest absolute Gasteiger partial charge is 0.392 e. The maximum atomic E-state index is 11.0. The highest BCUT2D eigenvalue weighted by atomic mass is 32.2. The van der Waals surface area contributed by atoms with Crippen molar-refractivity contribution >= 4 is 9.84 Å². The number of hydrogen-bond donors (Lipinski definition) is 1. The van der Waals surface area contributed by atoms with E-state index in [9.17, 15) is 13.5 Å². The van der Waals surface area contributed by atoms with Gasteiger partial charge in [0.25, 0.3) is 0 Å². The van der Waals surface area contributed by atoms with Crippen LogP contribution < -0.4 is 0 Å². The lowest BCUT2D eigenvalue weighted by molar-refractivity contribution is 0.159. The van der Waals surface area contributed by atoms with Gasteiger partial charge in [-0.1, -0.05) is 26.2 Å². The molecule has 80 valence electrons. The molecule has 1 N–H and O–H groups in total. The van der Waals surface area contributed by atoms with Gasteiger partial charge in [-0.3, -0.25) is 0 Å². The zero-order valence-electron chi connectivity index (χ0n) is 8.66. The molecule has 0 aliphatic heterocycles. The molecule has 0 spiro atoms. The molecule has 0 saturated heterocycles. The van der Waals surface area contributed by atoms with Crippen molar-refractivity contribution in [1.29, 1.82) is 0 Å². The van der Waals surface area contributed by atoms with Crippen molar-refractivity contribution in [3.05, 3.63) is 0 Å². The standard InChI is InChI=1S/C9H20O3S/c1-4-5-6-7-9(10)8(2)13(3,11)12/h8-10H,4-7H2,1-3H3. The zero-order valence-corrected chi connectivity index (χ0v) is 9.47. The molecule has 2 atom stereocenters. The summed E-state index contributed by atoms with van der Waals surface area (Å²) in [5.74, 6) is 0. The van der Waals surface area contributed by atoms with Crippen LogP contribution in [0.5, 0.6) is 0 Å². The summed E-state index contributed by atoms with van der Waals surface area (Å²) in [5.41, 5.74) is 0. The molecule has 0 aliphatic carbocycles. The second kappa shape index (κ2) is 5.60. The Morgan fingerprint density at radius 3 is 2.23 bits per heavy atom. The average Bonchev–Trinajstić information content (AvgIpc) is 2.01. The second-order valence-electron chi connectivity index (χ2n) is 3.60. The van der Waals surface area contributed by atoms with E-state index in [2.05, 4.69) is 6.92 Å². The maximum Gasteiger partial charge on any atom is 0.152 e. The molecule has 0 radical (unpaired) electrons. The fourth-order valence-electron chi connectivity index (χ4n) is 1.12. The van der Waals surface area contributed by atoms with E-state index in [-0.39, 0.29) is 0 Å². The maximum absolute atomic E-state index is 11.0. The van der Waals surface area contributed by atoms with Crippen molar-refractivity contribution < 1.29 is 13.5 Å². The second-order valence-corrected chi connectivity index (χ2v) is 6.00. The van der Waals surface area contributed by atoms with Crippen LogP contribution in [0.3, 0.4) is 0 Å². The van der Waals surface area contributed by atoms with Crippen molar-refractivity contribution in [2.75, 3.05) is 6.26 Å². The topological polar surface area (TPSA) is 54.4 Å². The third-order valence-electron chi connectivity index (χ3n) is 2.32. The molecule has 3 nitrogen and oxygen atoms in total. The van der Waals surface area contributed by atoms with Gasteiger partial charge in [0, 0.05) is 6.26 Å². The molecule has 0 aromatic rings. The Bertz CT molecular complexity index is 221. The first kappa shape index (κ1) is 12.9. The predicted molar refractivity (Wildman–Crippen MR) is 54.5 cm³/mol. The van der Waals surface area contributed by atoms with E-state index in [1.54, 1.807) is 6.92 Å². The van der Waals surface area contributed by atoms with Crippen LogP contribution in [0.25, 0.3) is 0 Å². The highest BCUT2D eigenvalue weighted by Gasteiger charge is 2.23. The number of unbranched alkanes of at least 4 members (excludes halogenated alkanes) is 2. The van der Waals surface area contributed by atoms with E-state index < -0.39 is 21.2 Å². The smallest absolute Gasteiger partial charge is 0.152 e. The zero-order chi connectivity index (χ0) is 10.5. The molecule has 0 aromatic heterocycles. The minimum absolute atomic E-state index is 0.585. The van der Waals surface area contributed by atoms with Gasteiger partial charge >= 0.3 is 0 Å². The third kappa shape index (κ3) is 5.26. The van der Waals surface area contributed by atoms with Crippen LogP contribution >= 0.6 is 0 Å². The van der Waals surface area contributed by atoms with Gasteiger partial charge in [0.2, 0.25) is 0 Å². The van der Waals surface area contributed by atoms with E-state index in [1.807, 2.05) is 0 Å². The summed E-state index contributed by atoms with van der Waals surface area (Å²) in [6.07, 6.45) is 4.08. The van der Waals surface area contributed by atoms with E-state index in [0.717, 1.165) is 19.3 Å². The molecule has 0 heterocycles. The van der Waals surface area contributed by atoms with Crippen LogP contribution in [0.2, 0.25) is 0 Å². The van der Waals surface area contributed by atoms with Gasteiger partial charge in [-0.05, 0) is 13.3 Å². The molecular formula is C9H20O3S. The fraction of sp³-hybridized carbons (Fsp3) is 1.00. The van der Waals surface area contributed by atoms with Crippen LogP contribution in [0.4, 0.5) is 0 Å². The summed E-state index contributed by atoms with van der Waals surface area (Å²) >= 11 is 0. The van der Waals surface area contributed by atoms with Gasteiger partial charge < -0.3 is 5.11 Å². The normalized spacial score (nSPS) is 16.9. The molecule has 0 rings (SSSR count). The number of hydrogen-bond acceptors (Lipinski definition) is 3. The van der Waals surface area contributed by atoms with E-state index in [4.69, 9.17) is 0 Å². The molecule has 0 fully saturated rings. The number of rotatable bonds is 6. The number of aliphatic hydroxyl groups excluding tert-OH is 1. The average molecular weight is 208 g/mol.